The Balaban J connectivity index is 1.33. The highest BCUT2D eigenvalue weighted by Crippen LogP contribution is 2.35. The van der Waals surface area contributed by atoms with Gasteiger partial charge in [0.05, 0.1) is 16.6 Å². The third-order valence-electron chi connectivity index (χ3n) is 4.58. The van der Waals surface area contributed by atoms with Crippen molar-refractivity contribution in [1.29, 1.82) is 0 Å². The summed E-state index contributed by atoms with van der Waals surface area (Å²) in [7, 11) is 0. The van der Waals surface area contributed by atoms with Gasteiger partial charge in [0.15, 0.2) is 0 Å². The van der Waals surface area contributed by atoms with Gasteiger partial charge < -0.3 is 10.6 Å². The molecule has 0 saturated heterocycles. The largest absolute Gasteiger partial charge is 0.352 e. The minimum atomic E-state index is -0.145. The van der Waals surface area contributed by atoms with Gasteiger partial charge in [-0.25, -0.2) is 4.68 Å². The lowest BCUT2D eigenvalue weighted by Gasteiger charge is -2.21. The van der Waals surface area contributed by atoms with E-state index in [-0.39, 0.29) is 17.1 Å². The van der Waals surface area contributed by atoms with Crippen LogP contribution in [0.3, 0.4) is 0 Å². The molecule has 0 fully saturated rings. The molecule has 2 heterocycles. The van der Waals surface area contributed by atoms with Crippen molar-refractivity contribution in [3.63, 3.8) is 0 Å². The number of aromatic nitrogens is 2. The van der Waals surface area contributed by atoms with Gasteiger partial charge in [0.2, 0.25) is 5.91 Å². The molecular weight excluding hydrogens is 372 g/mol. The summed E-state index contributed by atoms with van der Waals surface area (Å²) in [5.41, 5.74) is 3.39. The summed E-state index contributed by atoms with van der Waals surface area (Å²) < 4.78 is 1.81. The van der Waals surface area contributed by atoms with E-state index in [1.165, 1.54) is 11.8 Å². The number of rotatable bonds is 5. The molecule has 2 N–H and O–H groups in total. The van der Waals surface area contributed by atoms with E-state index in [1.807, 2.05) is 49.5 Å². The zero-order valence-electron chi connectivity index (χ0n) is 15.4. The molecule has 2 amide bonds. The molecule has 0 aliphatic carbocycles. The van der Waals surface area contributed by atoms with Crippen LogP contribution in [-0.4, -0.2) is 33.4 Å². The van der Waals surface area contributed by atoms with Crippen molar-refractivity contribution in [2.75, 3.05) is 11.9 Å². The average molecular weight is 392 g/mol. The topological polar surface area (TPSA) is 76.0 Å². The number of hydrogen-bond acceptors (Lipinski definition) is 4. The van der Waals surface area contributed by atoms with Crippen LogP contribution < -0.4 is 10.6 Å². The highest BCUT2D eigenvalue weighted by atomic mass is 32.2. The molecule has 0 spiro atoms. The number of carbonyl (C=O) groups excluding carboxylic acids is 2. The van der Waals surface area contributed by atoms with Gasteiger partial charge in [-0.05, 0) is 55.3 Å². The maximum Gasteiger partial charge on any atom is 0.251 e. The first-order valence-electron chi connectivity index (χ1n) is 9.09. The predicted octanol–water partition coefficient (Wildman–Crippen LogP) is 3.28. The highest BCUT2D eigenvalue weighted by molar-refractivity contribution is 8.00. The quantitative estimate of drug-likeness (QED) is 0.699. The Kier molecular flexibility index (Phi) is 5.16. The molecule has 0 bridgehead atoms. The highest BCUT2D eigenvalue weighted by Gasteiger charge is 2.23. The number of nitrogens with zero attached hydrogens (tertiary/aromatic N) is 2. The summed E-state index contributed by atoms with van der Waals surface area (Å²) in [6.07, 6.45) is 4.38. The Bertz CT molecular complexity index is 1000. The van der Waals surface area contributed by atoms with E-state index in [0.717, 1.165) is 22.6 Å². The number of anilines is 1. The number of benzene rings is 2. The number of carbonyl (C=O) groups is 2. The summed E-state index contributed by atoms with van der Waals surface area (Å²) >= 11 is 1.51. The summed E-state index contributed by atoms with van der Waals surface area (Å²) in [6, 6.07) is 15.4. The lowest BCUT2D eigenvalue weighted by atomic mass is 10.1. The van der Waals surface area contributed by atoms with Crippen molar-refractivity contribution in [3.8, 4) is 5.69 Å². The van der Waals surface area contributed by atoms with Crippen LogP contribution in [0.1, 0.15) is 22.8 Å². The van der Waals surface area contributed by atoms with Gasteiger partial charge in [-0.1, -0.05) is 12.1 Å². The molecule has 28 heavy (non-hydrogen) atoms. The standard InChI is InChI=1S/C21H20N4O2S/c1-14-20(26)24-18-13-16(5-8-19(18)28-14)21(27)22-11-9-15-3-6-17(7-4-15)25-12-2-10-23-25/h2-8,10,12-14H,9,11H2,1H3,(H,22,27)(H,24,26). The van der Waals surface area contributed by atoms with Gasteiger partial charge in [-0.2, -0.15) is 5.10 Å². The van der Waals surface area contributed by atoms with Crippen LogP contribution in [0.15, 0.2) is 65.8 Å². The molecule has 6 nitrogen and oxygen atoms in total. The Morgan fingerprint density at radius 3 is 2.82 bits per heavy atom. The minimum absolute atomic E-state index is 0.0337. The number of hydrogen-bond donors (Lipinski definition) is 2. The molecule has 1 aromatic heterocycles. The molecule has 1 atom stereocenters. The monoisotopic (exact) mass is 392 g/mol. The van der Waals surface area contributed by atoms with Crippen molar-refractivity contribution in [2.45, 2.75) is 23.5 Å². The molecular formula is C21H20N4O2S. The normalized spacial score (nSPS) is 15.6. The minimum Gasteiger partial charge on any atom is -0.352 e. The van der Waals surface area contributed by atoms with Crippen LogP contribution in [0.4, 0.5) is 5.69 Å². The fraction of sp³-hybridized carbons (Fsp3) is 0.190. The van der Waals surface area contributed by atoms with E-state index in [1.54, 1.807) is 23.0 Å². The van der Waals surface area contributed by atoms with Crippen molar-refractivity contribution >= 4 is 29.3 Å². The van der Waals surface area contributed by atoms with E-state index < -0.39 is 0 Å². The van der Waals surface area contributed by atoms with Crippen molar-refractivity contribution in [2.24, 2.45) is 0 Å². The molecule has 1 unspecified atom stereocenters. The van der Waals surface area contributed by atoms with Gasteiger partial charge in [0.25, 0.3) is 5.91 Å². The number of thioether (sulfide) groups is 1. The van der Waals surface area contributed by atoms with Gasteiger partial charge in [0, 0.05) is 29.4 Å². The van der Waals surface area contributed by atoms with Gasteiger partial charge >= 0.3 is 0 Å². The molecule has 4 rings (SSSR count). The molecule has 0 radical (unpaired) electrons. The summed E-state index contributed by atoms with van der Waals surface area (Å²) in [5.74, 6) is -0.178. The first-order valence-corrected chi connectivity index (χ1v) is 9.97. The lowest BCUT2D eigenvalue weighted by Crippen LogP contribution is -2.28. The summed E-state index contributed by atoms with van der Waals surface area (Å²) in [4.78, 5) is 25.2. The van der Waals surface area contributed by atoms with E-state index in [2.05, 4.69) is 15.7 Å². The second kappa shape index (κ2) is 7.90. The fourth-order valence-corrected chi connectivity index (χ4v) is 3.94. The number of amides is 2. The molecule has 0 saturated carbocycles. The molecule has 3 aromatic rings. The van der Waals surface area contributed by atoms with Crippen molar-refractivity contribution < 1.29 is 9.59 Å². The van der Waals surface area contributed by atoms with Gasteiger partial charge in [-0.3, -0.25) is 9.59 Å². The fourth-order valence-electron chi connectivity index (χ4n) is 3.01. The van der Waals surface area contributed by atoms with Crippen LogP contribution in [0.5, 0.6) is 0 Å². The van der Waals surface area contributed by atoms with E-state index in [9.17, 15) is 9.59 Å². The molecule has 2 aromatic carbocycles. The van der Waals surface area contributed by atoms with Crippen molar-refractivity contribution in [1.82, 2.24) is 15.1 Å². The van der Waals surface area contributed by atoms with Gasteiger partial charge in [-0.15, -0.1) is 11.8 Å². The van der Waals surface area contributed by atoms with Gasteiger partial charge in [0.1, 0.15) is 0 Å². The summed E-state index contributed by atoms with van der Waals surface area (Å²) in [5, 5.41) is 9.88. The maximum atomic E-state index is 12.4. The lowest BCUT2D eigenvalue weighted by molar-refractivity contribution is -0.115. The van der Waals surface area contributed by atoms with Crippen LogP contribution in [0.2, 0.25) is 0 Å². The third kappa shape index (κ3) is 3.94. The number of nitrogens with one attached hydrogen (secondary N) is 2. The first-order chi connectivity index (χ1) is 13.6. The molecule has 1 aliphatic heterocycles. The zero-order valence-corrected chi connectivity index (χ0v) is 16.2. The Hall–Kier alpha value is -3.06. The van der Waals surface area contributed by atoms with Crippen LogP contribution in [0, 0.1) is 0 Å². The third-order valence-corrected chi connectivity index (χ3v) is 5.75. The van der Waals surface area contributed by atoms with Crippen LogP contribution in [-0.2, 0) is 11.2 Å². The zero-order chi connectivity index (χ0) is 19.5. The van der Waals surface area contributed by atoms with E-state index in [4.69, 9.17) is 0 Å². The molecule has 1 aliphatic rings. The SMILES string of the molecule is CC1Sc2ccc(C(=O)NCCc3ccc(-n4cccn4)cc3)cc2NC1=O. The van der Waals surface area contributed by atoms with Crippen LogP contribution >= 0.6 is 11.8 Å². The Labute approximate surface area is 167 Å². The summed E-state index contributed by atoms with van der Waals surface area (Å²) in [6.45, 7) is 2.40. The molecule has 7 heteroatoms. The number of fused-ring (bicyclic) bond motifs is 1. The second-order valence-corrected chi connectivity index (χ2v) is 7.97. The average Bonchev–Trinajstić information content (AvgIpc) is 3.24. The van der Waals surface area contributed by atoms with E-state index >= 15 is 0 Å². The second-order valence-electron chi connectivity index (χ2n) is 6.58. The van der Waals surface area contributed by atoms with E-state index in [0.29, 0.717) is 17.8 Å². The predicted molar refractivity (Wildman–Crippen MR) is 110 cm³/mol. The Morgan fingerprint density at radius 1 is 1.25 bits per heavy atom. The van der Waals surface area contributed by atoms with Crippen molar-refractivity contribution in [3.05, 3.63) is 72.1 Å². The van der Waals surface area contributed by atoms with Crippen LogP contribution in [0.25, 0.3) is 5.69 Å². The smallest absolute Gasteiger partial charge is 0.251 e. The first kappa shape index (κ1) is 18.3. The maximum absolute atomic E-state index is 12.4. The molecule has 142 valence electrons. The Morgan fingerprint density at radius 2 is 2.07 bits per heavy atom.